The van der Waals surface area contributed by atoms with E-state index in [0.717, 1.165) is 17.5 Å². The van der Waals surface area contributed by atoms with Crippen LogP contribution in [-0.2, 0) is 33.9 Å². The van der Waals surface area contributed by atoms with Crippen molar-refractivity contribution in [1.29, 1.82) is 0 Å². The number of nitrogens with one attached hydrogen (secondary N) is 3. The van der Waals surface area contributed by atoms with Gasteiger partial charge in [0.1, 0.15) is 18.4 Å². The Bertz CT molecular complexity index is 1460. The highest BCUT2D eigenvalue weighted by molar-refractivity contribution is 5.88. The summed E-state index contributed by atoms with van der Waals surface area (Å²) < 4.78 is 12.4. The van der Waals surface area contributed by atoms with Gasteiger partial charge in [0.05, 0.1) is 20.3 Å². The molecule has 1 aliphatic rings. The summed E-state index contributed by atoms with van der Waals surface area (Å²) in [6, 6.07) is 14.1. The normalized spacial score (nSPS) is 19.3. The third kappa shape index (κ3) is 9.77. The van der Waals surface area contributed by atoms with Gasteiger partial charge in [0.2, 0.25) is 17.7 Å². The van der Waals surface area contributed by atoms with Gasteiger partial charge in [-0.3, -0.25) is 19.3 Å². The van der Waals surface area contributed by atoms with E-state index in [1.54, 1.807) is 25.8 Å². The van der Waals surface area contributed by atoms with Crippen LogP contribution >= 0.6 is 0 Å². The number of benzene rings is 2. The molecule has 12 nitrogen and oxygen atoms in total. The summed E-state index contributed by atoms with van der Waals surface area (Å²) in [5, 5.41) is 13.6. The molecule has 3 aromatic rings. The third-order valence-electron chi connectivity index (χ3n) is 7.98. The first-order valence-corrected chi connectivity index (χ1v) is 15.9. The molecular formula is C34H47N7O5. The lowest BCUT2D eigenvalue weighted by Gasteiger charge is -2.26. The Balaban J connectivity index is 1.57. The zero-order valence-electron chi connectivity index (χ0n) is 27.5. The molecule has 248 valence electrons. The molecule has 4 rings (SSSR count). The van der Waals surface area contributed by atoms with Gasteiger partial charge in [0, 0.05) is 32.5 Å². The van der Waals surface area contributed by atoms with E-state index in [1.807, 2.05) is 62.4 Å². The van der Waals surface area contributed by atoms with Crippen LogP contribution in [0.4, 0.5) is 0 Å². The standard InChI is InChI=1S/C34H47N7O5/c1-23(2)32-33-36-24(3)39-41(33)22-31(43)35-16-10-18-40(21-26-14-15-28(45-4)29(20-26)46-5)17-9-13-30(42)37-27(34(44)38-32)19-25-11-7-6-8-12-25/h6-8,11-12,14-15,20,23,27,32H,9-10,13,16-19,21-22H2,1-5H3,(H,35,43)(H,37,42)(H,38,44)/t27-,32+/m1/s1. The van der Waals surface area contributed by atoms with Crippen LogP contribution in [0.3, 0.4) is 0 Å². The van der Waals surface area contributed by atoms with E-state index >= 15 is 0 Å². The van der Waals surface area contributed by atoms with Gasteiger partial charge in [0.25, 0.3) is 0 Å². The molecule has 0 radical (unpaired) electrons. The molecule has 12 heteroatoms. The quantitative estimate of drug-likeness (QED) is 0.361. The lowest BCUT2D eigenvalue weighted by molar-refractivity contribution is -0.129. The van der Waals surface area contributed by atoms with Crippen molar-refractivity contribution in [2.24, 2.45) is 5.92 Å². The average molecular weight is 634 g/mol. The van der Waals surface area contributed by atoms with Crippen LogP contribution in [0.5, 0.6) is 11.5 Å². The number of carbonyl (C=O) groups excluding carboxylic acids is 3. The second-order valence-corrected chi connectivity index (χ2v) is 12.0. The minimum Gasteiger partial charge on any atom is -0.493 e. The van der Waals surface area contributed by atoms with Crippen molar-refractivity contribution < 1.29 is 23.9 Å². The molecule has 46 heavy (non-hydrogen) atoms. The average Bonchev–Trinajstić information content (AvgIpc) is 3.39. The summed E-state index contributed by atoms with van der Waals surface area (Å²) in [5.41, 5.74) is 1.98. The number of aryl methyl sites for hydroxylation is 1. The molecule has 2 heterocycles. The van der Waals surface area contributed by atoms with Crippen LogP contribution in [-0.4, -0.2) is 77.3 Å². The van der Waals surface area contributed by atoms with E-state index < -0.39 is 12.1 Å². The second kappa shape index (κ2) is 16.7. The molecule has 2 atom stereocenters. The molecule has 3 N–H and O–H groups in total. The summed E-state index contributed by atoms with van der Waals surface area (Å²) in [4.78, 5) is 47.0. The summed E-state index contributed by atoms with van der Waals surface area (Å²) in [6.45, 7) is 8.17. The summed E-state index contributed by atoms with van der Waals surface area (Å²) >= 11 is 0. The van der Waals surface area contributed by atoms with Crippen molar-refractivity contribution >= 4 is 17.7 Å². The number of ether oxygens (including phenoxy) is 2. The van der Waals surface area contributed by atoms with Gasteiger partial charge >= 0.3 is 0 Å². The molecule has 0 fully saturated rings. The van der Waals surface area contributed by atoms with E-state index in [2.05, 4.69) is 30.9 Å². The molecule has 1 aromatic heterocycles. The Hall–Kier alpha value is -4.45. The minimum atomic E-state index is -0.793. The first-order valence-electron chi connectivity index (χ1n) is 15.9. The number of hydrogen-bond donors (Lipinski definition) is 3. The Morgan fingerprint density at radius 3 is 2.37 bits per heavy atom. The molecule has 2 aromatic carbocycles. The topological polar surface area (TPSA) is 140 Å². The van der Waals surface area contributed by atoms with Crippen LogP contribution in [0.15, 0.2) is 48.5 Å². The van der Waals surface area contributed by atoms with Crippen molar-refractivity contribution in [2.75, 3.05) is 33.9 Å². The predicted octanol–water partition coefficient (Wildman–Crippen LogP) is 2.95. The maximum Gasteiger partial charge on any atom is 0.243 e. The summed E-state index contributed by atoms with van der Waals surface area (Å²) in [6.07, 6.45) is 1.92. The molecule has 0 spiro atoms. The maximum absolute atomic E-state index is 13.8. The predicted molar refractivity (Wildman–Crippen MR) is 174 cm³/mol. The third-order valence-corrected chi connectivity index (χ3v) is 7.98. The van der Waals surface area contributed by atoms with E-state index in [1.165, 1.54) is 0 Å². The van der Waals surface area contributed by atoms with Crippen LogP contribution in [0, 0.1) is 12.8 Å². The van der Waals surface area contributed by atoms with Gasteiger partial charge in [-0.1, -0.05) is 50.2 Å². The smallest absolute Gasteiger partial charge is 0.243 e. The number of carbonyl (C=O) groups is 3. The Morgan fingerprint density at radius 1 is 0.913 bits per heavy atom. The van der Waals surface area contributed by atoms with Crippen LogP contribution in [0.2, 0.25) is 0 Å². The summed E-state index contributed by atoms with van der Waals surface area (Å²) in [7, 11) is 3.21. The van der Waals surface area contributed by atoms with Gasteiger partial charge in [0.15, 0.2) is 17.3 Å². The molecule has 3 amide bonds. The number of aromatic nitrogens is 3. The van der Waals surface area contributed by atoms with E-state index in [4.69, 9.17) is 9.47 Å². The number of methoxy groups -OCH3 is 2. The zero-order valence-corrected chi connectivity index (χ0v) is 27.5. The molecule has 1 aliphatic heterocycles. The van der Waals surface area contributed by atoms with Gasteiger partial charge in [-0.25, -0.2) is 9.67 Å². The zero-order chi connectivity index (χ0) is 33.1. The van der Waals surface area contributed by atoms with Gasteiger partial charge < -0.3 is 25.4 Å². The van der Waals surface area contributed by atoms with Crippen LogP contribution in [0.1, 0.15) is 61.9 Å². The van der Waals surface area contributed by atoms with E-state index in [0.29, 0.717) is 62.2 Å². The fourth-order valence-corrected chi connectivity index (χ4v) is 5.62. The maximum atomic E-state index is 13.8. The van der Waals surface area contributed by atoms with Crippen molar-refractivity contribution in [3.63, 3.8) is 0 Å². The molecule has 0 saturated heterocycles. The molecular weight excluding hydrogens is 586 g/mol. The highest BCUT2D eigenvalue weighted by Gasteiger charge is 2.29. The fourth-order valence-electron chi connectivity index (χ4n) is 5.62. The van der Waals surface area contributed by atoms with Crippen molar-refractivity contribution in [1.82, 2.24) is 35.6 Å². The van der Waals surface area contributed by atoms with Crippen LogP contribution in [0.25, 0.3) is 0 Å². The SMILES string of the molecule is COc1ccc(CN2CCCNC(=O)Cn3nc(C)nc3[C@H](C(C)C)NC(=O)[C@@H](Cc3ccccc3)NC(=O)CCC2)cc1OC. The summed E-state index contributed by atoms with van der Waals surface area (Å²) in [5.74, 6) is 1.59. The number of rotatable bonds is 7. The molecule has 0 bridgehead atoms. The minimum absolute atomic E-state index is 0.0190. The highest BCUT2D eigenvalue weighted by atomic mass is 16.5. The van der Waals surface area contributed by atoms with Crippen molar-refractivity contribution in [3.8, 4) is 11.5 Å². The Kier molecular flexibility index (Phi) is 12.5. The van der Waals surface area contributed by atoms with Gasteiger partial charge in [-0.2, -0.15) is 5.10 Å². The lowest BCUT2D eigenvalue weighted by atomic mass is 10.0. The second-order valence-electron chi connectivity index (χ2n) is 12.0. The highest BCUT2D eigenvalue weighted by Crippen LogP contribution is 2.28. The monoisotopic (exact) mass is 633 g/mol. The number of amides is 3. The molecule has 0 unspecified atom stereocenters. The molecule has 0 saturated carbocycles. The first-order chi connectivity index (χ1) is 22.2. The lowest BCUT2D eigenvalue weighted by Crippen LogP contribution is -2.50. The number of hydrogen-bond acceptors (Lipinski definition) is 8. The molecule has 0 aliphatic carbocycles. The Labute approximate surface area is 271 Å². The van der Waals surface area contributed by atoms with Crippen molar-refractivity contribution in [2.45, 2.75) is 71.6 Å². The number of nitrogens with zero attached hydrogens (tertiary/aromatic N) is 4. The van der Waals surface area contributed by atoms with Gasteiger partial charge in [-0.15, -0.1) is 0 Å². The Morgan fingerprint density at radius 2 is 1.65 bits per heavy atom. The van der Waals surface area contributed by atoms with E-state index in [-0.39, 0.29) is 36.6 Å². The largest absolute Gasteiger partial charge is 0.493 e. The van der Waals surface area contributed by atoms with E-state index in [9.17, 15) is 14.4 Å². The number of fused-ring (bicyclic) bond motifs is 1. The first kappa shape index (κ1) is 34.4. The van der Waals surface area contributed by atoms with Crippen LogP contribution < -0.4 is 25.4 Å². The van der Waals surface area contributed by atoms with Crippen molar-refractivity contribution in [3.05, 3.63) is 71.3 Å². The van der Waals surface area contributed by atoms with Gasteiger partial charge in [-0.05, 0) is 55.5 Å². The fraction of sp³-hybridized carbons (Fsp3) is 0.500.